The number of amides is 4. The normalized spacial score (nSPS) is 13.3. The summed E-state index contributed by atoms with van der Waals surface area (Å²) in [5.41, 5.74) is 0.794. The molecule has 35 heavy (non-hydrogen) atoms. The van der Waals surface area contributed by atoms with Gasteiger partial charge in [-0.25, -0.2) is 4.79 Å². The molecule has 1 rings (SSSR count). The number of hydrogen-bond donors (Lipinski definition) is 5. The van der Waals surface area contributed by atoms with E-state index in [9.17, 15) is 24.0 Å². The molecule has 0 aliphatic heterocycles. The Labute approximate surface area is 205 Å². The van der Waals surface area contributed by atoms with Gasteiger partial charge in [0.25, 0.3) is 0 Å². The summed E-state index contributed by atoms with van der Waals surface area (Å²) in [5, 5.41) is 18.8. The molecule has 0 saturated heterocycles. The molecule has 0 spiro atoms. The molecule has 3 atom stereocenters. The van der Waals surface area contributed by atoms with Crippen LogP contribution >= 0.6 is 0 Å². The summed E-state index contributed by atoms with van der Waals surface area (Å²) in [6.45, 7) is 8.09. The van der Waals surface area contributed by atoms with E-state index in [1.54, 1.807) is 26.0 Å². The molecule has 5 N–H and O–H groups in total. The maximum atomic E-state index is 12.6. The Morgan fingerprint density at radius 3 is 2.06 bits per heavy atom. The van der Waals surface area contributed by atoms with Crippen molar-refractivity contribution >= 4 is 29.8 Å². The number of ether oxygens (including phenoxy) is 1. The maximum absolute atomic E-state index is 12.6. The fourth-order valence-electron chi connectivity index (χ4n) is 3.03. The monoisotopic (exact) mass is 492 g/mol. The standard InChI is InChI=1S/C24H36N4O7/c1-14(2)11-18(21(30)26-16(5)23(32)33)27-19(29)12-25-22(31)20(15(3)4)28-24(34)35-13-17-9-7-6-8-10-17/h6-10,14-16,18,20H,11-13H2,1-5H3,(H,25,31)(H,26,30)(H,27,29)(H,28,34)(H,32,33)/t16-,18-,20-/m0/s1. The lowest BCUT2D eigenvalue weighted by Crippen LogP contribution is -2.54. The second kappa shape index (κ2) is 14.6. The Morgan fingerprint density at radius 1 is 0.886 bits per heavy atom. The van der Waals surface area contributed by atoms with Gasteiger partial charge < -0.3 is 31.1 Å². The lowest BCUT2D eigenvalue weighted by molar-refractivity contribution is -0.141. The second-order valence-corrected chi connectivity index (χ2v) is 8.96. The summed E-state index contributed by atoms with van der Waals surface area (Å²) >= 11 is 0. The van der Waals surface area contributed by atoms with E-state index in [2.05, 4.69) is 21.3 Å². The molecule has 0 fully saturated rings. The highest BCUT2D eigenvalue weighted by Crippen LogP contribution is 2.07. The average molecular weight is 493 g/mol. The average Bonchev–Trinajstić information content (AvgIpc) is 2.79. The van der Waals surface area contributed by atoms with Crippen LogP contribution in [0.3, 0.4) is 0 Å². The number of carboxylic acids is 1. The van der Waals surface area contributed by atoms with Gasteiger partial charge in [0.1, 0.15) is 24.7 Å². The number of carboxylic acid groups (broad SMARTS) is 1. The molecule has 0 unspecified atom stereocenters. The smallest absolute Gasteiger partial charge is 0.408 e. The van der Waals surface area contributed by atoms with E-state index in [-0.39, 0.29) is 24.9 Å². The molecule has 1 aromatic carbocycles. The van der Waals surface area contributed by atoms with Gasteiger partial charge in [0.05, 0.1) is 6.54 Å². The van der Waals surface area contributed by atoms with Crippen molar-refractivity contribution in [2.45, 2.75) is 65.8 Å². The number of alkyl carbamates (subject to hydrolysis) is 1. The van der Waals surface area contributed by atoms with Gasteiger partial charge in [-0.05, 0) is 30.7 Å². The van der Waals surface area contributed by atoms with Gasteiger partial charge in [0.15, 0.2) is 0 Å². The van der Waals surface area contributed by atoms with Crippen LogP contribution in [0.25, 0.3) is 0 Å². The molecule has 0 radical (unpaired) electrons. The molecule has 1 aromatic rings. The lowest BCUT2D eigenvalue weighted by atomic mass is 10.0. The van der Waals surface area contributed by atoms with Gasteiger partial charge in [-0.1, -0.05) is 58.0 Å². The SMILES string of the molecule is CC(C)C[C@H](NC(=O)CNC(=O)[C@@H](NC(=O)OCc1ccccc1)C(C)C)C(=O)N[C@@H](C)C(=O)O. The molecule has 0 heterocycles. The van der Waals surface area contributed by atoms with E-state index in [1.807, 2.05) is 32.0 Å². The third-order valence-electron chi connectivity index (χ3n) is 4.95. The molecule has 194 valence electrons. The highest BCUT2D eigenvalue weighted by molar-refractivity contribution is 5.93. The maximum Gasteiger partial charge on any atom is 0.408 e. The van der Waals surface area contributed by atoms with Crippen LogP contribution in [0.2, 0.25) is 0 Å². The van der Waals surface area contributed by atoms with Crippen molar-refractivity contribution in [1.29, 1.82) is 0 Å². The van der Waals surface area contributed by atoms with E-state index in [0.717, 1.165) is 5.56 Å². The molecular formula is C24H36N4O7. The molecule has 4 amide bonds. The van der Waals surface area contributed by atoms with E-state index in [0.29, 0.717) is 0 Å². The number of benzene rings is 1. The molecule has 11 nitrogen and oxygen atoms in total. The largest absolute Gasteiger partial charge is 0.480 e. The van der Waals surface area contributed by atoms with E-state index in [1.165, 1.54) is 6.92 Å². The number of rotatable bonds is 13. The summed E-state index contributed by atoms with van der Waals surface area (Å²) in [5.74, 6) is -3.30. The number of aliphatic carboxylic acids is 1. The summed E-state index contributed by atoms with van der Waals surface area (Å²) in [4.78, 5) is 60.6. The zero-order valence-corrected chi connectivity index (χ0v) is 20.8. The van der Waals surface area contributed by atoms with Crippen LogP contribution < -0.4 is 21.3 Å². The summed E-state index contributed by atoms with van der Waals surface area (Å²) in [6.07, 6.45) is -0.491. The van der Waals surface area contributed by atoms with Gasteiger partial charge in [-0.3, -0.25) is 19.2 Å². The molecule has 0 saturated carbocycles. The minimum absolute atomic E-state index is 0.0391. The van der Waals surface area contributed by atoms with Crippen LogP contribution in [-0.2, 0) is 30.5 Å². The van der Waals surface area contributed by atoms with Crippen LogP contribution in [0.4, 0.5) is 4.79 Å². The van der Waals surface area contributed by atoms with Crippen molar-refractivity contribution in [3.63, 3.8) is 0 Å². The van der Waals surface area contributed by atoms with Crippen molar-refractivity contribution in [3.8, 4) is 0 Å². The quantitative estimate of drug-likeness (QED) is 0.276. The van der Waals surface area contributed by atoms with Gasteiger partial charge in [0.2, 0.25) is 17.7 Å². The van der Waals surface area contributed by atoms with Gasteiger partial charge in [-0.15, -0.1) is 0 Å². The van der Waals surface area contributed by atoms with Gasteiger partial charge >= 0.3 is 12.1 Å². The lowest BCUT2D eigenvalue weighted by Gasteiger charge is -2.23. The zero-order chi connectivity index (χ0) is 26.5. The van der Waals surface area contributed by atoms with E-state index < -0.39 is 54.5 Å². The first-order valence-corrected chi connectivity index (χ1v) is 11.5. The van der Waals surface area contributed by atoms with Gasteiger partial charge in [0, 0.05) is 0 Å². The Balaban J connectivity index is 2.63. The van der Waals surface area contributed by atoms with Gasteiger partial charge in [-0.2, -0.15) is 0 Å². The predicted molar refractivity (Wildman–Crippen MR) is 128 cm³/mol. The third-order valence-corrected chi connectivity index (χ3v) is 4.95. The Bertz CT molecular complexity index is 874. The van der Waals surface area contributed by atoms with E-state index in [4.69, 9.17) is 9.84 Å². The first kappa shape index (κ1) is 29.4. The fourth-order valence-corrected chi connectivity index (χ4v) is 3.03. The third kappa shape index (κ3) is 11.4. The van der Waals surface area contributed by atoms with Crippen molar-refractivity contribution in [2.75, 3.05) is 6.54 Å². The van der Waals surface area contributed by atoms with Crippen LogP contribution in [0, 0.1) is 11.8 Å². The van der Waals surface area contributed by atoms with E-state index >= 15 is 0 Å². The molecule has 0 aromatic heterocycles. The molecule has 0 aliphatic rings. The Kier molecular flexibility index (Phi) is 12.3. The minimum Gasteiger partial charge on any atom is -0.480 e. The van der Waals surface area contributed by atoms with Crippen molar-refractivity contribution in [2.24, 2.45) is 11.8 Å². The molecule has 0 bridgehead atoms. The Hall–Kier alpha value is -3.63. The summed E-state index contributed by atoms with van der Waals surface area (Å²) in [6, 6.07) is 6.04. The summed E-state index contributed by atoms with van der Waals surface area (Å²) in [7, 11) is 0. The number of nitrogens with one attached hydrogen (secondary N) is 4. The zero-order valence-electron chi connectivity index (χ0n) is 20.8. The van der Waals surface area contributed by atoms with Crippen molar-refractivity contribution < 1.29 is 33.8 Å². The second-order valence-electron chi connectivity index (χ2n) is 8.96. The molecule has 11 heteroatoms. The number of carbonyl (C=O) groups excluding carboxylic acids is 4. The molecule has 0 aliphatic carbocycles. The van der Waals surface area contributed by atoms with Crippen LogP contribution in [0.15, 0.2) is 30.3 Å². The summed E-state index contributed by atoms with van der Waals surface area (Å²) < 4.78 is 5.15. The van der Waals surface area contributed by atoms with Crippen LogP contribution in [-0.4, -0.2) is 59.6 Å². The predicted octanol–water partition coefficient (Wildman–Crippen LogP) is 1.17. The first-order valence-electron chi connectivity index (χ1n) is 11.5. The Morgan fingerprint density at radius 2 is 1.51 bits per heavy atom. The molecular weight excluding hydrogens is 456 g/mol. The number of carbonyl (C=O) groups is 5. The number of hydrogen-bond acceptors (Lipinski definition) is 6. The van der Waals surface area contributed by atoms with Crippen LogP contribution in [0.5, 0.6) is 0 Å². The van der Waals surface area contributed by atoms with Crippen LogP contribution in [0.1, 0.15) is 46.6 Å². The van der Waals surface area contributed by atoms with Crippen molar-refractivity contribution in [3.05, 3.63) is 35.9 Å². The highest BCUT2D eigenvalue weighted by Gasteiger charge is 2.27. The van der Waals surface area contributed by atoms with Crippen molar-refractivity contribution in [1.82, 2.24) is 21.3 Å². The fraction of sp³-hybridized carbons (Fsp3) is 0.542. The first-order chi connectivity index (χ1) is 16.4. The minimum atomic E-state index is -1.20. The highest BCUT2D eigenvalue weighted by atomic mass is 16.5. The topological polar surface area (TPSA) is 163 Å².